The molecule has 0 bridgehead atoms. The monoisotopic (exact) mass is 473 g/mol. The number of methoxy groups -OCH3 is 1. The number of hydrogen-bond donors (Lipinski definition) is 2. The number of benzene rings is 2. The molecule has 12 heteroatoms. The molecule has 0 amide bonds. The molecule has 0 spiro atoms. The molecule has 34 heavy (non-hydrogen) atoms. The molecule has 0 saturated carbocycles. The van der Waals surface area contributed by atoms with Crippen molar-refractivity contribution in [2.45, 2.75) is 17.8 Å². The predicted molar refractivity (Wildman–Crippen MR) is 128 cm³/mol. The summed E-state index contributed by atoms with van der Waals surface area (Å²) in [5.74, 6) is 1.56. The number of ether oxygens (including phenoxy) is 1. The van der Waals surface area contributed by atoms with Crippen molar-refractivity contribution in [1.29, 1.82) is 0 Å². The minimum absolute atomic E-state index is 0.236. The highest BCUT2D eigenvalue weighted by molar-refractivity contribution is 7.98. The van der Waals surface area contributed by atoms with Gasteiger partial charge in [0.25, 0.3) is 5.56 Å². The van der Waals surface area contributed by atoms with Crippen LogP contribution in [0, 0.1) is 6.92 Å². The molecule has 0 aliphatic carbocycles. The van der Waals surface area contributed by atoms with E-state index in [1.165, 1.54) is 17.8 Å². The smallest absolute Gasteiger partial charge is 0.252 e. The Morgan fingerprint density at radius 1 is 1.09 bits per heavy atom. The molecular formula is C22H19N9O2S. The fourth-order valence-corrected chi connectivity index (χ4v) is 4.17. The number of rotatable bonds is 7. The van der Waals surface area contributed by atoms with Crippen LogP contribution in [0.2, 0.25) is 0 Å². The first-order chi connectivity index (χ1) is 16.6. The molecule has 3 heterocycles. The zero-order valence-corrected chi connectivity index (χ0v) is 19.1. The van der Waals surface area contributed by atoms with Gasteiger partial charge in [0.1, 0.15) is 11.3 Å². The lowest BCUT2D eigenvalue weighted by molar-refractivity contribution is 0.419. The maximum absolute atomic E-state index is 12.3. The average Bonchev–Trinajstić information content (AvgIpc) is 3.31. The van der Waals surface area contributed by atoms with Crippen molar-refractivity contribution in [3.05, 3.63) is 76.3 Å². The van der Waals surface area contributed by atoms with E-state index in [4.69, 9.17) is 4.74 Å². The summed E-state index contributed by atoms with van der Waals surface area (Å²) in [5.41, 5.74) is 2.53. The van der Waals surface area contributed by atoms with Gasteiger partial charge in [-0.25, -0.2) is 15.0 Å². The number of nitrogens with one attached hydrogen (secondary N) is 2. The highest BCUT2D eigenvalue weighted by Crippen LogP contribution is 2.27. The largest absolute Gasteiger partial charge is 0.494 e. The van der Waals surface area contributed by atoms with E-state index in [0.29, 0.717) is 33.8 Å². The Morgan fingerprint density at radius 3 is 2.76 bits per heavy atom. The third-order valence-electron chi connectivity index (χ3n) is 4.92. The Hall–Kier alpha value is -4.32. The average molecular weight is 474 g/mol. The van der Waals surface area contributed by atoms with Crippen molar-refractivity contribution >= 4 is 34.6 Å². The predicted octanol–water partition coefficient (Wildman–Crippen LogP) is 3.04. The van der Waals surface area contributed by atoms with Crippen molar-refractivity contribution in [2.75, 3.05) is 12.4 Å². The Kier molecular flexibility index (Phi) is 5.87. The van der Waals surface area contributed by atoms with Gasteiger partial charge in [-0.05, 0) is 35.5 Å². The number of para-hydroxylation sites is 2. The highest BCUT2D eigenvalue weighted by Gasteiger charge is 2.13. The van der Waals surface area contributed by atoms with Gasteiger partial charge >= 0.3 is 0 Å². The van der Waals surface area contributed by atoms with E-state index in [-0.39, 0.29) is 11.5 Å². The molecule has 0 aliphatic rings. The molecule has 0 aliphatic heterocycles. The molecule has 0 saturated heterocycles. The summed E-state index contributed by atoms with van der Waals surface area (Å²) in [5, 5.41) is 16.4. The van der Waals surface area contributed by atoms with Gasteiger partial charge in [-0.1, -0.05) is 42.1 Å². The van der Waals surface area contributed by atoms with Crippen molar-refractivity contribution in [1.82, 2.24) is 40.1 Å². The lowest BCUT2D eigenvalue weighted by atomic mass is 10.2. The number of fused-ring (bicyclic) bond motifs is 1. The normalized spacial score (nSPS) is 11.0. The summed E-state index contributed by atoms with van der Waals surface area (Å²) < 4.78 is 7.06. The van der Waals surface area contributed by atoms with E-state index in [0.717, 1.165) is 16.8 Å². The Balaban J connectivity index is 1.38. The minimum atomic E-state index is -0.300. The number of H-pyrrole nitrogens is 1. The molecule has 0 atom stereocenters. The molecule has 3 aromatic heterocycles. The molecule has 2 aromatic carbocycles. The van der Waals surface area contributed by atoms with Crippen LogP contribution in [-0.4, -0.2) is 47.3 Å². The van der Waals surface area contributed by atoms with Gasteiger partial charge in [-0.2, -0.15) is 4.68 Å². The maximum Gasteiger partial charge on any atom is 0.252 e. The minimum Gasteiger partial charge on any atom is -0.494 e. The number of aromatic amines is 1. The second-order valence-electron chi connectivity index (χ2n) is 7.20. The van der Waals surface area contributed by atoms with Gasteiger partial charge in [0.05, 0.1) is 24.2 Å². The second-order valence-corrected chi connectivity index (χ2v) is 8.14. The van der Waals surface area contributed by atoms with E-state index in [1.807, 2.05) is 55.5 Å². The Bertz CT molecular complexity index is 1520. The van der Waals surface area contributed by atoms with Crippen molar-refractivity contribution < 1.29 is 4.74 Å². The van der Waals surface area contributed by atoms with E-state index in [2.05, 4.69) is 40.8 Å². The van der Waals surface area contributed by atoms with Crippen LogP contribution >= 0.6 is 11.8 Å². The third-order valence-corrected chi connectivity index (χ3v) is 5.87. The van der Waals surface area contributed by atoms with Crippen molar-refractivity contribution in [2.24, 2.45) is 0 Å². The zero-order valence-electron chi connectivity index (χ0n) is 18.3. The summed E-state index contributed by atoms with van der Waals surface area (Å²) in [7, 11) is 1.59. The standard InChI is InChI=1S/C22H19N9O2S/c1-13-16-9-6-10-17(33-2)19(16)26-20(23-13)27-21-24-14(11-18(32)25-21)12-34-22-28-29-30-31(22)15-7-4-3-5-8-15/h3-11H,12H2,1-2H3,(H2,23,24,25,26,27,32). The second kappa shape index (κ2) is 9.27. The van der Waals surface area contributed by atoms with E-state index in [1.54, 1.807) is 11.8 Å². The van der Waals surface area contributed by atoms with E-state index >= 15 is 0 Å². The SMILES string of the molecule is COc1cccc2c(C)nc(Nc3nc(CSc4nnnn4-c4ccccc4)cc(=O)[nH]3)nc12. The summed E-state index contributed by atoms with van der Waals surface area (Å²) >= 11 is 1.37. The lowest BCUT2D eigenvalue weighted by Gasteiger charge is -2.10. The van der Waals surface area contributed by atoms with Gasteiger partial charge in [-0.3, -0.25) is 15.1 Å². The van der Waals surface area contributed by atoms with Crippen LogP contribution in [-0.2, 0) is 5.75 Å². The molecule has 0 unspecified atom stereocenters. The van der Waals surface area contributed by atoms with Crippen molar-refractivity contribution in [3.8, 4) is 11.4 Å². The van der Waals surface area contributed by atoms with Crippen LogP contribution in [0.1, 0.15) is 11.4 Å². The molecular weight excluding hydrogens is 454 g/mol. The first-order valence-corrected chi connectivity index (χ1v) is 11.2. The van der Waals surface area contributed by atoms with Gasteiger partial charge in [0, 0.05) is 17.2 Å². The third kappa shape index (κ3) is 4.43. The fourth-order valence-electron chi connectivity index (χ4n) is 3.39. The van der Waals surface area contributed by atoms with Crippen molar-refractivity contribution in [3.63, 3.8) is 0 Å². The van der Waals surface area contributed by atoms with E-state index in [9.17, 15) is 4.79 Å². The number of thioether (sulfide) groups is 1. The summed E-state index contributed by atoms with van der Waals surface area (Å²) in [6, 6.07) is 16.7. The summed E-state index contributed by atoms with van der Waals surface area (Å²) in [6.45, 7) is 1.88. The number of anilines is 2. The molecule has 2 N–H and O–H groups in total. The highest BCUT2D eigenvalue weighted by atomic mass is 32.2. The van der Waals surface area contributed by atoms with Gasteiger partial charge in [-0.15, -0.1) is 5.10 Å². The number of aryl methyl sites for hydroxylation is 1. The number of nitrogens with zero attached hydrogens (tertiary/aromatic N) is 7. The molecule has 5 aromatic rings. The summed E-state index contributed by atoms with van der Waals surface area (Å²) in [4.78, 5) is 28.5. The summed E-state index contributed by atoms with van der Waals surface area (Å²) in [6.07, 6.45) is 0. The number of tetrazole rings is 1. The quantitative estimate of drug-likeness (QED) is 0.339. The molecule has 170 valence electrons. The zero-order chi connectivity index (χ0) is 23.5. The molecule has 0 radical (unpaired) electrons. The van der Waals surface area contributed by atoms with Gasteiger partial charge < -0.3 is 4.74 Å². The van der Waals surface area contributed by atoms with E-state index < -0.39 is 0 Å². The first-order valence-electron chi connectivity index (χ1n) is 10.3. The van der Waals surface area contributed by atoms with Crippen LogP contribution in [0.4, 0.5) is 11.9 Å². The maximum atomic E-state index is 12.3. The Labute approximate surface area is 197 Å². The van der Waals surface area contributed by atoms with Crippen LogP contribution in [0.15, 0.2) is 64.5 Å². The van der Waals surface area contributed by atoms with Crippen LogP contribution in [0.3, 0.4) is 0 Å². The number of hydrogen-bond acceptors (Lipinski definition) is 10. The van der Waals surface area contributed by atoms with Gasteiger partial charge in [0.15, 0.2) is 0 Å². The Morgan fingerprint density at radius 2 is 1.94 bits per heavy atom. The van der Waals surface area contributed by atoms with Crippen LogP contribution < -0.4 is 15.6 Å². The van der Waals surface area contributed by atoms with Crippen LogP contribution in [0.25, 0.3) is 16.6 Å². The van der Waals surface area contributed by atoms with Gasteiger partial charge in [0.2, 0.25) is 17.1 Å². The number of aromatic nitrogens is 8. The lowest BCUT2D eigenvalue weighted by Crippen LogP contribution is -2.13. The fraction of sp³-hybridized carbons (Fsp3) is 0.136. The first kappa shape index (κ1) is 21.5. The molecule has 0 fully saturated rings. The molecule has 5 rings (SSSR count). The molecule has 11 nitrogen and oxygen atoms in total. The van der Waals surface area contributed by atoms with Crippen LogP contribution in [0.5, 0.6) is 5.75 Å². The topological polar surface area (TPSA) is 136 Å².